The molecule has 0 aliphatic heterocycles. The molecule has 1 aliphatic rings. The Labute approximate surface area is 313 Å². The van der Waals surface area contributed by atoms with E-state index in [1.54, 1.807) is 0 Å². The molecule has 0 spiro atoms. The summed E-state index contributed by atoms with van der Waals surface area (Å²) >= 11 is 0. The predicted octanol–water partition coefficient (Wildman–Crippen LogP) is 13.8. The molecular formula is C51H33N3. The number of anilines is 3. The number of rotatable bonds is 5. The summed E-state index contributed by atoms with van der Waals surface area (Å²) in [5.74, 6) is 0.853. The van der Waals surface area contributed by atoms with Crippen LogP contribution in [0.3, 0.4) is 0 Å². The van der Waals surface area contributed by atoms with Crippen LogP contribution in [0.2, 0.25) is 0 Å². The fourth-order valence-electron chi connectivity index (χ4n) is 8.63. The molecule has 3 heteroatoms. The summed E-state index contributed by atoms with van der Waals surface area (Å²) in [7, 11) is 0. The Bertz CT molecular complexity index is 3020. The minimum Gasteiger partial charge on any atom is -0.308 e. The Hall–Kier alpha value is -7.23. The van der Waals surface area contributed by atoms with Gasteiger partial charge in [-0.05, 0) is 104 Å². The van der Waals surface area contributed by atoms with Crippen molar-refractivity contribution in [3.8, 4) is 50.2 Å². The van der Waals surface area contributed by atoms with E-state index in [1.165, 1.54) is 71.6 Å². The third-order valence-electron chi connectivity index (χ3n) is 11.0. The zero-order valence-electron chi connectivity index (χ0n) is 29.4. The fraction of sp³-hybridized carbons (Fsp3) is 0. The lowest BCUT2D eigenvalue weighted by atomic mass is 9.91. The molecule has 0 radical (unpaired) electrons. The highest BCUT2D eigenvalue weighted by atomic mass is 15.2. The molecule has 0 unspecified atom stereocenters. The molecule has 0 N–H and O–H groups in total. The maximum atomic E-state index is 5.20. The van der Waals surface area contributed by atoms with Crippen molar-refractivity contribution in [2.45, 2.75) is 0 Å². The lowest BCUT2D eigenvalue weighted by molar-refractivity contribution is 1.11. The molecule has 0 saturated heterocycles. The van der Waals surface area contributed by atoms with Gasteiger partial charge in [0.2, 0.25) is 0 Å². The van der Waals surface area contributed by atoms with Crippen LogP contribution in [0.4, 0.5) is 17.2 Å². The predicted molar refractivity (Wildman–Crippen MR) is 226 cm³/mol. The van der Waals surface area contributed by atoms with Crippen molar-refractivity contribution in [2.75, 3.05) is 4.90 Å². The molecule has 0 fully saturated rings. The summed E-state index contributed by atoms with van der Waals surface area (Å²) in [6, 6.07) is 69.8. The Kier molecular flexibility index (Phi) is 6.86. The van der Waals surface area contributed by atoms with Gasteiger partial charge in [-0.3, -0.25) is 4.90 Å². The summed E-state index contributed by atoms with van der Waals surface area (Å²) in [5.41, 5.74) is 15.4. The molecule has 0 saturated carbocycles. The number of para-hydroxylation sites is 2. The van der Waals surface area contributed by atoms with E-state index in [-0.39, 0.29) is 0 Å². The van der Waals surface area contributed by atoms with E-state index < -0.39 is 0 Å². The molecule has 3 nitrogen and oxygen atoms in total. The van der Waals surface area contributed by atoms with Crippen LogP contribution in [0.1, 0.15) is 0 Å². The molecule has 0 amide bonds. The van der Waals surface area contributed by atoms with Crippen molar-refractivity contribution in [3.05, 3.63) is 200 Å². The van der Waals surface area contributed by atoms with Gasteiger partial charge in [-0.15, -0.1) is 0 Å². The third kappa shape index (κ3) is 4.65. The van der Waals surface area contributed by atoms with Gasteiger partial charge in [0.15, 0.2) is 0 Å². The van der Waals surface area contributed by atoms with E-state index in [1.807, 2.05) is 6.20 Å². The highest BCUT2D eigenvalue weighted by Crippen LogP contribution is 2.50. The topological polar surface area (TPSA) is 21.1 Å². The first-order valence-corrected chi connectivity index (χ1v) is 18.5. The lowest BCUT2D eigenvalue weighted by Gasteiger charge is -2.24. The number of hydrogen-bond acceptors (Lipinski definition) is 2. The second kappa shape index (κ2) is 12.2. The van der Waals surface area contributed by atoms with Gasteiger partial charge in [-0.2, -0.15) is 0 Å². The SMILES string of the molecule is c1ccc(-c2ccc(N(c3ccccc3)c3ccc(-n4c5ccccc5c5c6cccc7c6c(cc54)-c4ccccc4-c4ccccc4-7)cn3)cc2)cc1. The molecule has 252 valence electrons. The lowest BCUT2D eigenvalue weighted by Crippen LogP contribution is -2.11. The van der Waals surface area contributed by atoms with E-state index in [9.17, 15) is 0 Å². The van der Waals surface area contributed by atoms with Crippen LogP contribution >= 0.6 is 0 Å². The third-order valence-corrected chi connectivity index (χ3v) is 11.0. The van der Waals surface area contributed by atoms with Gasteiger partial charge >= 0.3 is 0 Å². The Balaban J connectivity index is 1.11. The Morgan fingerprint density at radius 1 is 0.370 bits per heavy atom. The standard InChI is InChI=1S/C51H33N3/c1-3-14-34(15-4-1)35-26-28-37(29-27-35)53(36-16-5-2-6-17-36)49-31-30-38(33-52-49)54-47-25-12-11-22-44(47)51-45-24-13-23-43-41-20-9-7-18-39(41)40-19-8-10-21-42(40)46(50(43)45)32-48(51)54/h1-33H. The summed E-state index contributed by atoms with van der Waals surface area (Å²) in [5, 5.41) is 5.06. The Morgan fingerprint density at radius 2 is 0.926 bits per heavy atom. The number of nitrogens with zero attached hydrogens (tertiary/aromatic N) is 3. The summed E-state index contributed by atoms with van der Waals surface area (Å²) < 4.78 is 2.40. The smallest absolute Gasteiger partial charge is 0.137 e. The van der Waals surface area contributed by atoms with Crippen LogP contribution in [-0.2, 0) is 0 Å². The first kappa shape index (κ1) is 30.4. The van der Waals surface area contributed by atoms with Gasteiger partial charge in [0.05, 0.1) is 22.9 Å². The number of benzene rings is 8. The highest BCUT2D eigenvalue weighted by Gasteiger charge is 2.25. The average Bonchev–Trinajstić information content (AvgIpc) is 3.53. The molecule has 0 bridgehead atoms. The minimum atomic E-state index is 0.853. The van der Waals surface area contributed by atoms with Gasteiger partial charge in [-0.1, -0.05) is 146 Å². The molecular weight excluding hydrogens is 655 g/mol. The van der Waals surface area contributed by atoms with Gasteiger partial charge in [0.1, 0.15) is 5.82 Å². The zero-order chi connectivity index (χ0) is 35.6. The summed E-state index contributed by atoms with van der Waals surface area (Å²) in [6.07, 6.45) is 2.03. The first-order valence-electron chi connectivity index (χ1n) is 18.5. The van der Waals surface area contributed by atoms with Gasteiger partial charge in [-0.25, -0.2) is 4.98 Å². The quantitative estimate of drug-likeness (QED) is 0.180. The molecule has 1 aliphatic carbocycles. The number of hydrogen-bond donors (Lipinski definition) is 0. The second-order valence-corrected chi connectivity index (χ2v) is 13.9. The molecule has 2 aromatic heterocycles. The Morgan fingerprint density at radius 3 is 1.63 bits per heavy atom. The molecule has 11 rings (SSSR count). The highest BCUT2D eigenvalue weighted by molar-refractivity contribution is 6.28. The van der Waals surface area contributed by atoms with Gasteiger partial charge in [0.25, 0.3) is 0 Å². The van der Waals surface area contributed by atoms with Crippen molar-refractivity contribution < 1.29 is 0 Å². The number of pyridine rings is 1. The second-order valence-electron chi connectivity index (χ2n) is 13.9. The van der Waals surface area contributed by atoms with Crippen molar-refractivity contribution in [1.82, 2.24) is 9.55 Å². The van der Waals surface area contributed by atoms with Crippen molar-refractivity contribution in [2.24, 2.45) is 0 Å². The van der Waals surface area contributed by atoms with Crippen LogP contribution in [0.5, 0.6) is 0 Å². The van der Waals surface area contributed by atoms with Crippen LogP contribution in [0.25, 0.3) is 82.8 Å². The fourth-order valence-corrected chi connectivity index (χ4v) is 8.63. The molecule has 8 aromatic carbocycles. The van der Waals surface area contributed by atoms with Gasteiger partial charge < -0.3 is 4.57 Å². The van der Waals surface area contributed by atoms with Crippen molar-refractivity contribution in [1.29, 1.82) is 0 Å². The van der Waals surface area contributed by atoms with Crippen LogP contribution in [0.15, 0.2) is 200 Å². The maximum Gasteiger partial charge on any atom is 0.137 e. The molecule has 0 atom stereocenters. The van der Waals surface area contributed by atoms with Gasteiger partial charge in [0, 0.05) is 22.1 Å². The van der Waals surface area contributed by atoms with Crippen molar-refractivity contribution >= 4 is 49.8 Å². The first-order chi connectivity index (χ1) is 26.8. The van der Waals surface area contributed by atoms with Crippen LogP contribution in [0, 0.1) is 0 Å². The van der Waals surface area contributed by atoms with Crippen LogP contribution < -0.4 is 4.90 Å². The van der Waals surface area contributed by atoms with E-state index in [2.05, 4.69) is 204 Å². The summed E-state index contributed by atoms with van der Waals surface area (Å²) in [4.78, 5) is 7.42. The average molecular weight is 688 g/mol. The largest absolute Gasteiger partial charge is 0.308 e. The molecule has 10 aromatic rings. The van der Waals surface area contributed by atoms with E-state index in [4.69, 9.17) is 4.98 Å². The number of aromatic nitrogens is 2. The number of fused-ring (bicyclic) bond motifs is 9. The zero-order valence-corrected chi connectivity index (χ0v) is 29.4. The molecule has 54 heavy (non-hydrogen) atoms. The van der Waals surface area contributed by atoms with Crippen molar-refractivity contribution in [3.63, 3.8) is 0 Å². The normalized spacial score (nSPS) is 11.7. The van der Waals surface area contributed by atoms with E-state index in [0.717, 1.165) is 28.4 Å². The molecule has 2 heterocycles. The van der Waals surface area contributed by atoms with Crippen LogP contribution in [-0.4, -0.2) is 9.55 Å². The minimum absolute atomic E-state index is 0.853. The van der Waals surface area contributed by atoms with E-state index >= 15 is 0 Å². The maximum absolute atomic E-state index is 5.20. The van der Waals surface area contributed by atoms with E-state index in [0.29, 0.717) is 0 Å². The summed E-state index contributed by atoms with van der Waals surface area (Å²) in [6.45, 7) is 0. The monoisotopic (exact) mass is 687 g/mol.